The van der Waals surface area contributed by atoms with Crippen LogP contribution in [0.5, 0.6) is 0 Å². The standard InChI is InChI=1S/C19H18N4O2/c1-22(2)14-8-6-13(7-9-14)16-15(12-20)18(24)21-19(25)17(16)23-10-4-3-5-11-23/h3-11,16-17H,1-2H3,(H-,21,24,25)/p+1/t16-,17+/m0/s1. The van der Waals surface area contributed by atoms with Crippen LogP contribution in [0.15, 0.2) is 66.3 Å². The molecule has 0 spiro atoms. The summed E-state index contributed by atoms with van der Waals surface area (Å²) in [7, 11) is 3.89. The summed E-state index contributed by atoms with van der Waals surface area (Å²) in [6, 6.07) is 14.5. The first kappa shape index (κ1) is 16.5. The second kappa shape index (κ2) is 6.65. The zero-order valence-electron chi connectivity index (χ0n) is 14.0. The van der Waals surface area contributed by atoms with Gasteiger partial charge >= 0.3 is 0 Å². The Morgan fingerprint density at radius 3 is 2.36 bits per heavy atom. The molecule has 2 heterocycles. The Labute approximate surface area is 146 Å². The van der Waals surface area contributed by atoms with Gasteiger partial charge in [0, 0.05) is 31.9 Å². The van der Waals surface area contributed by atoms with Crippen molar-refractivity contribution in [2.45, 2.75) is 12.0 Å². The van der Waals surface area contributed by atoms with Gasteiger partial charge in [-0.05, 0) is 17.7 Å². The van der Waals surface area contributed by atoms with Gasteiger partial charge in [0.05, 0.1) is 5.92 Å². The van der Waals surface area contributed by atoms with Crippen LogP contribution < -0.4 is 14.8 Å². The van der Waals surface area contributed by atoms with Crippen molar-refractivity contribution in [3.05, 3.63) is 71.9 Å². The normalized spacial score (nSPS) is 20.0. The number of anilines is 1. The number of nitrogens with zero attached hydrogens (tertiary/aromatic N) is 3. The van der Waals surface area contributed by atoms with Crippen LogP contribution in [0.2, 0.25) is 0 Å². The van der Waals surface area contributed by atoms with Crippen LogP contribution in [0.1, 0.15) is 17.5 Å². The monoisotopic (exact) mass is 335 g/mol. The minimum absolute atomic E-state index is 0.151. The molecule has 0 aliphatic carbocycles. The molecule has 0 fully saturated rings. The van der Waals surface area contributed by atoms with E-state index in [0.717, 1.165) is 11.3 Å². The third-order valence-corrected chi connectivity index (χ3v) is 4.34. The van der Waals surface area contributed by atoms with Crippen molar-refractivity contribution in [3.8, 4) is 6.07 Å². The molecule has 2 aromatic rings. The first-order chi connectivity index (χ1) is 12.0. The molecule has 0 saturated heterocycles. The van der Waals surface area contributed by atoms with Crippen LogP contribution >= 0.6 is 0 Å². The zero-order valence-corrected chi connectivity index (χ0v) is 14.0. The summed E-state index contributed by atoms with van der Waals surface area (Å²) in [5.74, 6) is -1.29. The number of aliphatic hydroxyl groups is 1. The summed E-state index contributed by atoms with van der Waals surface area (Å²) in [6.45, 7) is 0. The molecule has 0 bridgehead atoms. The number of nitrogens with one attached hydrogen (secondary N) is 1. The smallest absolute Gasteiger partial charge is 0.296 e. The van der Waals surface area contributed by atoms with E-state index in [1.54, 1.807) is 17.0 Å². The summed E-state index contributed by atoms with van der Waals surface area (Å²) in [4.78, 5) is 14.6. The van der Waals surface area contributed by atoms with Gasteiger partial charge in [0.25, 0.3) is 5.91 Å². The van der Waals surface area contributed by atoms with Crippen LogP contribution in [0.3, 0.4) is 0 Å². The van der Waals surface area contributed by atoms with Gasteiger partial charge in [-0.3, -0.25) is 10.1 Å². The molecule has 1 aliphatic heterocycles. The number of aliphatic hydroxyl groups excluding tert-OH is 1. The van der Waals surface area contributed by atoms with Crippen molar-refractivity contribution in [2.24, 2.45) is 0 Å². The van der Waals surface area contributed by atoms with Crippen molar-refractivity contribution >= 4 is 11.6 Å². The van der Waals surface area contributed by atoms with E-state index in [0.29, 0.717) is 0 Å². The van der Waals surface area contributed by atoms with Gasteiger partial charge < -0.3 is 10.0 Å². The van der Waals surface area contributed by atoms with E-state index in [4.69, 9.17) is 0 Å². The van der Waals surface area contributed by atoms with Crippen LogP contribution in [-0.4, -0.2) is 25.1 Å². The summed E-state index contributed by atoms with van der Waals surface area (Å²) >= 11 is 0. The number of hydrogen-bond donors (Lipinski definition) is 2. The number of carbonyl (C=O) groups excluding carboxylic acids is 1. The van der Waals surface area contributed by atoms with E-state index in [-0.39, 0.29) is 17.4 Å². The van der Waals surface area contributed by atoms with Gasteiger partial charge in [0.2, 0.25) is 11.9 Å². The van der Waals surface area contributed by atoms with Gasteiger partial charge in [-0.15, -0.1) is 0 Å². The highest BCUT2D eigenvalue weighted by Crippen LogP contribution is 2.36. The zero-order chi connectivity index (χ0) is 18.0. The quantitative estimate of drug-likeness (QED) is 0.838. The van der Waals surface area contributed by atoms with Crippen molar-refractivity contribution < 1.29 is 14.5 Å². The van der Waals surface area contributed by atoms with Crippen molar-refractivity contribution in [2.75, 3.05) is 19.0 Å². The van der Waals surface area contributed by atoms with E-state index in [2.05, 4.69) is 11.4 Å². The average molecular weight is 335 g/mol. The Kier molecular flexibility index (Phi) is 4.40. The number of hydrogen-bond acceptors (Lipinski definition) is 4. The highest BCUT2D eigenvalue weighted by atomic mass is 16.3. The Hall–Kier alpha value is -3.33. The lowest BCUT2D eigenvalue weighted by atomic mass is 9.82. The molecule has 0 radical (unpaired) electrons. The fourth-order valence-corrected chi connectivity index (χ4v) is 3.07. The van der Waals surface area contributed by atoms with E-state index >= 15 is 0 Å². The molecular weight excluding hydrogens is 316 g/mol. The lowest BCUT2D eigenvalue weighted by molar-refractivity contribution is -0.711. The van der Waals surface area contributed by atoms with Crippen molar-refractivity contribution in [1.29, 1.82) is 5.26 Å². The second-order valence-electron chi connectivity index (χ2n) is 6.09. The van der Waals surface area contributed by atoms with Gasteiger partial charge in [-0.25, -0.2) is 0 Å². The lowest BCUT2D eigenvalue weighted by Crippen LogP contribution is -2.53. The van der Waals surface area contributed by atoms with Crippen LogP contribution in [0.4, 0.5) is 5.69 Å². The van der Waals surface area contributed by atoms with Crippen LogP contribution in [0.25, 0.3) is 0 Å². The fraction of sp³-hybridized carbons (Fsp3) is 0.211. The molecule has 2 N–H and O–H groups in total. The van der Waals surface area contributed by atoms with Gasteiger partial charge in [-0.1, -0.05) is 18.2 Å². The molecule has 6 heteroatoms. The number of rotatable bonds is 3. The van der Waals surface area contributed by atoms with Crippen LogP contribution in [-0.2, 0) is 4.79 Å². The highest BCUT2D eigenvalue weighted by molar-refractivity contribution is 5.84. The SMILES string of the molecule is CN(C)c1ccc([C@H]2C(C#N)=C(O)NC(=O)[C@@H]2[n+]2ccccc2)cc1. The number of amides is 1. The molecular formula is C19H19N4O2+. The number of nitriles is 1. The molecule has 6 nitrogen and oxygen atoms in total. The molecule has 0 saturated carbocycles. The Morgan fingerprint density at radius 1 is 1.16 bits per heavy atom. The maximum atomic E-state index is 12.6. The number of aromatic nitrogens is 1. The topological polar surface area (TPSA) is 80.2 Å². The Bertz CT molecular complexity index is 851. The van der Waals surface area contributed by atoms with E-state index in [1.807, 2.05) is 61.5 Å². The first-order valence-corrected chi connectivity index (χ1v) is 7.90. The van der Waals surface area contributed by atoms with Gasteiger partial charge in [0.15, 0.2) is 12.4 Å². The minimum Gasteiger partial charge on any atom is -0.494 e. The summed E-state index contributed by atoms with van der Waals surface area (Å²) in [5, 5.41) is 22.0. The lowest BCUT2D eigenvalue weighted by Gasteiger charge is -2.27. The third-order valence-electron chi connectivity index (χ3n) is 4.34. The maximum absolute atomic E-state index is 12.6. The number of benzene rings is 1. The summed E-state index contributed by atoms with van der Waals surface area (Å²) < 4.78 is 1.75. The molecule has 1 amide bonds. The Balaban J connectivity index is 2.13. The molecule has 1 aliphatic rings. The molecule has 1 aromatic carbocycles. The van der Waals surface area contributed by atoms with Crippen LogP contribution in [0, 0.1) is 11.3 Å². The fourth-order valence-electron chi connectivity index (χ4n) is 3.07. The molecule has 126 valence electrons. The summed E-state index contributed by atoms with van der Waals surface area (Å²) in [5.41, 5.74) is 1.96. The van der Waals surface area contributed by atoms with Crippen molar-refractivity contribution in [1.82, 2.24) is 5.32 Å². The number of carbonyl (C=O) groups is 1. The van der Waals surface area contributed by atoms with Gasteiger partial charge in [0.1, 0.15) is 11.6 Å². The van der Waals surface area contributed by atoms with E-state index in [1.165, 1.54) is 0 Å². The Morgan fingerprint density at radius 2 is 1.80 bits per heavy atom. The highest BCUT2D eigenvalue weighted by Gasteiger charge is 2.45. The molecule has 2 atom stereocenters. The molecule has 1 aromatic heterocycles. The third kappa shape index (κ3) is 3.04. The average Bonchev–Trinajstić information content (AvgIpc) is 2.62. The summed E-state index contributed by atoms with van der Waals surface area (Å²) in [6.07, 6.45) is 3.56. The number of pyridine rings is 1. The van der Waals surface area contributed by atoms with Gasteiger partial charge in [-0.2, -0.15) is 9.83 Å². The predicted molar refractivity (Wildman–Crippen MR) is 92.6 cm³/mol. The molecule has 25 heavy (non-hydrogen) atoms. The predicted octanol–water partition coefficient (Wildman–Crippen LogP) is 1.79. The number of allylic oxidation sites excluding steroid dienone is 1. The van der Waals surface area contributed by atoms with E-state index in [9.17, 15) is 15.2 Å². The second-order valence-corrected chi connectivity index (χ2v) is 6.09. The largest absolute Gasteiger partial charge is 0.494 e. The minimum atomic E-state index is -0.656. The van der Waals surface area contributed by atoms with Crippen molar-refractivity contribution in [3.63, 3.8) is 0 Å². The molecule has 0 unspecified atom stereocenters. The maximum Gasteiger partial charge on any atom is 0.296 e. The first-order valence-electron chi connectivity index (χ1n) is 7.90. The molecule has 3 rings (SSSR count). The van der Waals surface area contributed by atoms with E-state index < -0.39 is 12.0 Å².